The summed E-state index contributed by atoms with van der Waals surface area (Å²) in [7, 11) is 0. The first-order valence-corrected chi connectivity index (χ1v) is 11.0. The quantitative estimate of drug-likeness (QED) is 0.523. The summed E-state index contributed by atoms with van der Waals surface area (Å²) in [6, 6.07) is 0. The predicted molar refractivity (Wildman–Crippen MR) is 110 cm³/mol. The van der Waals surface area contributed by atoms with E-state index in [0.717, 1.165) is 5.57 Å². The van der Waals surface area contributed by atoms with E-state index in [4.69, 9.17) is 4.74 Å². The largest absolute Gasteiger partial charge is 0.458 e. The molecule has 7 atom stereocenters. The first-order chi connectivity index (χ1) is 14.3. The van der Waals surface area contributed by atoms with Gasteiger partial charge in [-0.3, -0.25) is 14.4 Å². The van der Waals surface area contributed by atoms with Crippen molar-refractivity contribution in [1.82, 2.24) is 0 Å². The fourth-order valence-corrected chi connectivity index (χ4v) is 7.32. The highest BCUT2D eigenvalue weighted by Crippen LogP contribution is 2.71. The molecule has 0 aromatic carbocycles. The molecule has 0 aliphatic heterocycles. The Morgan fingerprint density at radius 2 is 1.97 bits per heavy atom. The second-order valence-corrected chi connectivity index (χ2v) is 10.3. The number of hydrogen-bond donors (Lipinski definition) is 2. The first-order valence-electron chi connectivity index (χ1n) is 11.0. The molecular formula is C24H31FO6. The van der Waals surface area contributed by atoms with Gasteiger partial charge < -0.3 is 14.9 Å². The Morgan fingerprint density at radius 3 is 2.61 bits per heavy atom. The number of Topliss-reactive ketones (excluding diaryl/α,β-unsaturated/α-hetero) is 1. The molecule has 4 aliphatic carbocycles. The second-order valence-electron chi connectivity index (χ2n) is 10.3. The molecule has 170 valence electrons. The van der Waals surface area contributed by atoms with Crippen molar-refractivity contribution >= 4 is 17.5 Å². The van der Waals surface area contributed by atoms with Crippen molar-refractivity contribution < 1.29 is 33.7 Å². The average molecular weight is 435 g/mol. The Labute approximate surface area is 181 Å². The van der Waals surface area contributed by atoms with Gasteiger partial charge in [-0.25, -0.2) is 4.39 Å². The number of aliphatic hydroxyl groups is 2. The normalized spacial score (nSPS) is 46.5. The third-order valence-electron chi connectivity index (χ3n) is 9.05. The van der Waals surface area contributed by atoms with Gasteiger partial charge in [-0.1, -0.05) is 26.0 Å². The molecule has 0 saturated heterocycles. The van der Waals surface area contributed by atoms with Crippen LogP contribution in [0.15, 0.2) is 23.8 Å². The van der Waals surface area contributed by atoms with E-state index >= 15 is 4.39 Å². The Morgan fingerprint density at radius 1 is 1.29 bits per heavy atom. The van der Waals surface area contributed by atoms with E-state index in [-0.39, 0.29) is 30.6 Å². The van der Waals surface area contributed by atoms with Gasteiger partial charge in [-0.15, -0.1) is 0 Å². The van der Waals surface area contributed by atoms with Crippen LogP contribution in [-0.4, -0.2) is 51.7 Å². The minimum absolute atomic E-state index is 0.00986. The number of carbonyl (C=O) groups excluding carboxylic acids is 3. The highest BCUT2D eigenvalue weighted by atomic mass is 19.1. The minimum Gasteiger partial charge on any atom is -0.458 e. The van der Waals surface area contributed by atoms with Crippen LogP contribution in [0.2, 0.25) is 0 Å². The van der Waals surface area contributed by atoms with Crippen molar-refractivity contribution in [3.63, 3.8) is 0 Å². The number of allylic oxidation sites excluding steroid dienone is 1. The molecule has 0 aromatic heterocycles. The molecule has 0 amide bonds. The van der Waals surface area contributed by atoms with Crippen LogP contribution in [-0.2, 0) is 19.1 Å². The van der Waals surface area contributed by atoms with Gasteiger partial charge in [0.15, 0.2) is 18.0 Å². The zero-order valence-corrected chi connectivity index (χ0v) is 18.4. The summed E-state index contributed by atoms with van der Waals surface area (Å²) in [5.74, 6) is -2.34. The van der Waals surface area contributed by atoms with Crippen LogP contribution in [0.3, 0.4) is 0 Å². The number of fused-ring (bicyclic) bond motifs is 5. The number of alkyl halides is 1. The molecule has 0 unspecified atom stereocenters. The Kier molecular flexibility index (Phi) is 4.91. The molecule has 0 heterocycles. The van der Waals surface area contributed by atoms with Crippen LogP contribution in [0.5, 0.6) is 0 Å². The SMILES string of the molecule is C=C1C[C@H]2[C@@H]3CCC4=CC(=O)CC[C@]4(C)[C@@]3(F)[C@@H](O)C[C@]2(C)[C@@]1(O)C(=O)COC(C)=O. The highest BCUT2D eigenvalue weighted by Gasteiger charge is 2.75. The number of hydrogen-bond acceptors (Lipinski definition) is 6. The van der Waals surface area contributed by atoms with Crippen LogP contribution in [0, 0.1) is 22.7 Å². The van der Waals surface area contributed by atoms with Crippen LogP contribution < -0.4 is 0 Å². The van der Waals surface area contributed by atoms with Gasteiger partial charge in [0, 0.05) is 30.1 Å². The molecular weight excluding hydrogens is 403 g/mol. The van der Waals surface area contributed by atoms with E-state index in [2.05, 4.69) is 6.58 Å². The minimum atomic E-state index is -2.00. The number of halogens is 1. The zero-order valence-electron chi connectivity index (χ0n) is 18.4. The van der Waals surface area contributed by atoms with Gasteiger partial charge in [-0.2, -0.15) is 0 Å². The molecule has 2 N–H and O–H groups in total. The molecule has 3 saturated carbocycles. The fourth-order valence-electron chi connectivity index (χ4n) is 7.32. The maximum Gasteiger partial charge on any atom is 0.303 e. The van der Waals surface area contributed by atoms with Crippen molar-refractivity contribution in [2.24, 2.45) is 22.7 Å². The van der Waals surface area contributed by atoms with Gasteiger partial charge >= 0.3 is 5.97 Å². The number of esters is 1. The summed E-state index contributed by atoms with van der Waals surface area (Å²) in [4.78, 5) is 36.2. The second kappa shape index (κ2) is 6.82. The lowest BCUT2D eigenvalue weighted by atomic mass is 9.44. The van der Waals surface area contributed by atoms with E-state index in [1.807, 2.05) is 0 Å². The maximum atomic E-state index is 17.0. The average Bonchev–Trinajstić information content (AvgIpc) is 2.89. The van der Waals surface area contributed by atoms with Crippen LogP contribution >= 0.6 is 0 Å². The molecule has 7 heteroatoms. The van der Waals surface area contributed by atoms with Crippen molar-refractivity contribution in [1.29, 1.82) is 0 Å². The standard InChI is InChI=1S/C24H31FO6/c1-13-9-18-17-6-5-15-10-16(27)7-8-21(15,3)23(17,25)19(28)11-22(18,4)24(13,30)20(29)12-31-14(2)26/h10,17-19,28,30H,1,5-9,11-12H2,2-4H3/t17-,18-,19-,21-,22-,23-,24-/m0/s1. The summed E-state index contributed by atoms with van der Waals surface area (Å²) in [5, 5.41) is 22.8. The van der Waals surface area contributed by atoms with Crippen LogP contribution in [0.25, 0.3) is 0 Å². The van der Waals surface area contributed by atoms with Gasteiger partial charge in [0.2, 0.25) is 5.78 Å². The Balaban J connectivity index is 1.76. The molecule has 0 radical (unpaired) electrons. The Hall–Kier alpha value is -1.86. The molecule has 0 spiro atoms. The Bertz CT molecular complexity index is 910. The number of carbonyl (C=O) groups is 3. The van der Waals surface area contributed by atoms with Crippen molar-refractivity contribution in [2.75, 3.05) is 6.61 Å². The van der Waals surface area contributed by atoms with Gasteiger partial charge in [0.1, 0.15) is 5.67 Å². The fraction of sp³-hybridized carbons (Fsp3) is 0.708. The van der Waals surface area contributed by atoms with E-state index in [9.17, 15) is 24.6 Å². The van der Waals surface area contributed by atoms with Gasteiger partial charge in [0.05, 0.1) is 6.10 Å². The summed E-state index contributed by atoms with van der Waals surface area (Å²) in [5.41, 5.74) is -5.04. The lowest BCUT2D eigenvalue weighted by Crippen LogP contribution is -2.69. The topological polar surface area (TPSA) is 101 Å². The maximum absolute atomic E-state index is 17.0. The zero-order chi connectivity index (χ0) is 23.0. The van der Waals surface area contributed by atoms with E-state index in [1.54, 1.807) is 19.9 Å². The van der Waals surface area contributed by atoms with E-state index in [1.165, 1.54) is 6.92 Å². The van der Waals surface area contributed by atoms with E-state index in [0.29, 0.717) is 19.3 Å². The van der Waals surface area contributed by atoms with Crippen molar-refractivity contribution in [2.45, 2.75) is 76.7 Å². The molecule has 31 heavy (non-hydrogen) atoms. The summed E-state index contributed by atoms with van der Waals surface area (Å²) in [6.45, 7) is 8.04. The van der Waals surface area contributed by atoms with Gasteiger partial charge in [-0.05, 0) is 49.7 Å². The number of ether oxygens (including phenoxy) is 1. The molecule has 0 aromatic rings. The number of ketones is 2. The first kappa shape index (κ1) is 22.3. The molecule has 4 aliphatic rings. The van der Waals surface area contributed by atoms with E-state index < -0.39 is 58.4 Å². The number of rotatable bonds is 3. The monoisotopic (exact) mass is 434 g/mol. The third kappa shape index (κ3) is 2.65. The summed E-state index contributed by atoms with van der Waals surface area (Å²) in [6.07, 6.45) is 1.81. The summed E-state index contributed by atoms with van der Waals surface area (Å²) < 4.78 is 21.9. The number of aliphatic hydroxyl groups excluding tert-OH is 1. The summed E-state index contributed by atoms with van der Waals surface area (Å²) >= 11 is 0. The van der Waals surface area contributed by atoms with Crippen LogP contribution in [0.1, 0.15) is 59.3 Å². The smallest absolute Gasteiger partial charge is 0.303 e. The van der Waals surface area contributed by atoms with Crippen molar-refractivity contribution in [3.8, 4) is 0 Å². The lowest BCUT2D eigenvalue weighted by Gasteiger charge is -2.63. The lowest BCUT2D eigenvalue weighted by molar-refractivity contribution is -0.225. The van der Waals surface area contributed by atoms with Crippen molar-refractivity contribution in [3.05, 3.63) is 23.8 Å². The highest BCUT2D eigenvalue weighted by molar-refractivity contribution is 5.94. The van der Waals surface area contributed by atoms with Crippen LogP contribution in [0.4, 0.5) is 4.39 Å². The molecule has 6 nitrogen and oxygen atoms in total. The molecule has 4 rings (SSSR count). The molecule has 3 fully saturated rings. The van der Waals surface area contributed by atoms with Gasteiger partial charge in [0.25, 0.3) is 0 Å². The molecule has 0 bridgehead atoms. The third-order valence-corrected chi connectivity index (χ3v) is 9.05. The predicted octanol–water partition coefficient (Wildman–Crippen LogP) is 2.61.